The first-order chi connectivity index (χ1) is 10.1. The molecule has 0 aliphatic rings. The molecule has 0 aliphatic carbocycles. The average Bonchev–Trinajstić information content (AvgIpc) is 2.80. The van der Waals surface area contributed by atoms with Crippen molar-refractivity contribution >= 4 is 40.1 Å². The van der Waals surface area contributed by atoms with Crippen molar-refractivity contribution in [2.45, 2.75) is 11.1 Å². The number of thioether (sulfide) groups is 1. The summed E-state index contributed by atoms with van der Waals surface area (Å²) in [5.41, 5.74) is 4.13. The maximum Gasteiger partial charge on any atom is 0.270 e. The summed E-state index contributed by atoms with van der Waals surface area (Å²) in [6.07, 6.45) is 1.47. The Bertz CT molecular complexity index is 735. The number of nitro groups is 1. The molecule has 7 nitrogen and oxygen atoms in total. The van der Waals surface area contributed by atoms with Crippen molar-refractivity contribution < 1.29 is 4.92 Å². The van der Waals surface area contributed by atoms with Crippen molar-refractivity contribution in [2.75, 3.05) is 5.43 Å². The number of anilines is 1. The average molecular weight is 319 g/mol. The van der Waals surface area contributed by atoms with Gasteiger partial charge in [0, 0.05) is 29.5 Å². The highest BCUT2D eigenvalue weighted by Gasteiger charge is 2.07. The summed E-state index contributed by atoms with van der Waals surface area (Å²) >= 11 is 2.38. The van der Waals surface area contributed by atoms with Crippen LogP contribution in [0.2, 0.25) is 0 Å². The van der Waals surface area contributed by atoms with Crippen LogP contribution in [0, 0.1) is 27.7 Å². The highest BCUT2D eigenvalue weighted by Crippen LogP contribution is 2.31. The van der Waals surface area contributed by atoms with E-state index < -0.39 is 4.92 Å². The smallest absolute Gasteiger partial charge is 0.258 e. The van der Waals surface area contributed by atoms with Gasteiger partial charge in [0.15, 0.2) is 0 Å². The molecular formula is C12H9N5O2S2. The summed E-state index contributed by atoms with van der Waals surface area (Å²) in [5, 5.41) is 25.8. The standard InChI is InChI=1S/C12H9N5O2S2/c1-8-11(20-7-13)21-12(15-8)16-14-6-9-3-2-4-10(5-9)17(18)19/h2-6H,1H3,(H,15,16). The first kappa shape index (κ1) is 15.0. The third kappa shape index (κ3) is 4.01. The van der Waals surface area contributed by atoms with E-state index in [0.717, 1.165) is 21.7 Å². The summed E-state index contributed by atoms with van der Waals surface area (Å²) in [4.78, 5) is 14.4. The highest BCUT2D eigenvalue weighted by molar-refractivity contribution is 8.05. The zero-order valence-electron chi connectivity index (χ0n) is 10.8. The number of thiazole rings is 1. The molecule has 0 saturated carbocycles. The molecule has 1 N–H and O–H groups in total. The van der Waals surface area contributed by atoms with Gasteiger partial charge in [0.05, 0.1) is 21.0 Å². The molecule has 0 atom stereocenters. The Morgan fingerprint density at radius 3 is 3.14 bits per heavy atom. The van der Waals surface area contributed by atoms with Crippen LogP contribution in [-0.4, -0.2) is 16.1 Å². The Labute approximate surface area is 128 Å². The first-order valence-corrected chi connectivity index (χ1v) is 7.30. The van der Waals surface area contributed by atoms with Gasteiger partial charge in [0.2, 0.25) is 5.13 Å². The van der Waals surface area contributed by atoms with Crippen LogP contribution in [0.1, 0.15) is 11.3 Å². The van der Waals surface area contributed by atoms with Crippen molar-refractivity contribution in [3.05, 3.63) is 45.6 Å². The van der Waals surface area contributed by atoms with Crippen LogP contribution in [-0.2, 0) is 0 Å². The van der Waals surface area contributed by atoms with E-state index >= 15 is 0 Å². The maximum absolute atomic E-state index is 10.7. The third-order valence-electron chi connectivity index (χ3n) is 2.35. The molecule has 0 unspecified atom stereocenters. The van der Waals surface area contributed by atoms with Gasteiger partial charge in [-0.15, -0.1) is 0 Å². The molecule has 2 aromatic rings. The quantitative estimate of drug-likeness (QED) is 0.298. The van der Waals surface area contributed by atoms with Crippen LogP contribution in [0.5, 0.6) is 0 Å². The van der Waals surface area contributed by atoms with Gasteiger partial charge in [0.25, 0.3) is 5.69 Å². The van der Waals surface area contributed by atoms with Crippen LogP contribution in [0.15, 0.2) is 33.6 Å². The van der Waals surface area contributed by atoms with Gasteiger partial charge < -0.3 is 0 Å². The number of hydrazone groups is 1. The number of rotatable bonds is 5. The van der Waals surface area contributed by atoms with Crippen LogP contribution < -0.4 is 5.43 Å². The Kier molecular flexibility index (Phi) is 4.86. The largest absolute Gasteiger partial charge is 0.270 e. The molecule has 0 fully saturated rings. The number of nitriles is 1. The number of nitro benzene ring substituents is 1. The fourth-order valence-corrected chi connectivity index (χ4v) is 2.89. The molecule has 0 bridgehead atoms. The minimum Gasteiger partial charge on any atom is -0.258 e. The van der Waals surface area contributed by atoms with Crippen LogP contribution in [0.3, 0.4) is 0 Å². The minimum absolute atomic E-state index is 0.0109. The molecular weight excluding hydrogens is 310 g/mol. The van der Waals surface area contributed by atoms with Crippen LogP contribution in [0.4, 0.5) is 10.8 Å². The predicted molar refractivity (Wildman–Crippen MR) is 82.6 cm³/mol. The molecule has 21 heavy (non-hydrogen) atoms. The van der Waals surface area contributed by atoms with E-state index in [0.29, 0.717) is 10.7 Å². The molecule has 0 aliphatic heterocycles. The van der Waals surface area contributed by atoms with Gasteiger partial charge >= 0.3 is 0 Å². The normalized spacial score (nSPS) is 10.5. The molecule has 1 aromatic heterocycles. The first-order valence-electron chi connectivity index (χ1n) is 5.67. The molecule has 2 rings (SSSR count). The van der Waals surface area contributed by atoms with E-state index in [9.17, 15) is 10.1 Å². The molecule has 9 heteroatoms. The second-order valence-electron chi connectivity index (χ2n) is 3.81. The minimum atomic E-state index is -0.458. The lowest BCUT2D eigenvalue weighted by molar-refractivity contribution is -0.384. The van der Waals surface area contributed by atoms with Crippen LogP contribution in [0.25, 0.3) is 0 Å². The van der Waals surface area contributed by atoms with E-state index in [-0.39, 0.29) is 5.69 Å². The van der Waals surface area contributed by atoms with Gasteiger partial charge in [0.1, 0.15) is 5.40 Å². The zero-order chi connectivity index (χ0) is 15.2. The van der Waals surface area contributed by atoms with Crippen molar-refractivity contribution in [2.24, 2.45) is 5.10 Å². The predicted octanol–water partition coefficient (Wildman–Crippen LogP) is 3.38. The monoisotopic (exact) mass is 319 g/mol. The van der Waals surface area contributed by atoms with Gasteiger partial charge in [-0.3, -0.25) is 15.5 Å². The number of aryl methyl sites for hydroxylation is 1. The van der Waals surface area contributed by atoms with Crippen molar-refractivity contribution in [1.29, 1.82) is 5.26 Å². The highest BCUT2D eigenvalue weighted by atomic mass is 32.2. The maximum atomic E-state index is 10.7. The number of hydrogen-bond donors (Lipinski definition) is 1. The summed E-state index contributed by atoms with van der Waals surface area (Å²) in [6.45, 7) is 1.81. The van der Waals surface area contributed by atoms with E-state index in [2.05, 4.69) is 15.5 Å². The number of aromatic nitrogens is 1. The van der Waals surface area contributed by atoms with Gasteiger partial charge in [-0.2, -0.15) is 10.4 Å². The lowest BCUT2D eigenvalue weighted by Gasteiger charge is -1.95. The van der Waals surface area contributed by atoms with Crippen molar-refractivity contribution in [3.63, 3.8) is 0 Å². The Balaban J connectivity index is 2.05. The topological polar surface area (TPSA) is 104 Å². The van der Waals surface area contributed by atoms with E-state index in [1.807, 2.05) is 12.3 Å². The van der Waals surface area contributed by atoms with E-state index in [1.54, 1.807) is 12.1 Å². The number of nitrogens with zero attached hydrogens (tertiary/aromatic N) is 4. The van der Waals surface area contributed by atoms with Crippen molar-refractivity contribution in [3.8, 4) is 5.40 Å². The summed E-state index contributed by atoms with van der Waals surface area (Å²) in [6, 6.07) is 6.15. The SMILES string of the molecule is Cc1nc(NN=Cc2cccc([N+](=O)[O-])c2)sc1SC#N. The summed E-state index contributed by atoms with van der Waals surface area (Å²) < 4.78 is 0.811. The Hall–Kier alpha value is -2.44. The van der Waals surface area contributed by atoms with Crippen molar-refractivity contribution in [1.82, 2.24) is 4.98 Å². The number of benzene rings is 1. The molecule has 0 amide bonds. The fourth-order valence-electron chi connectivity index (χ4n) is 1.45. The zero-order valence-corrected chi connectivity index (χ0v) is 12.4. The summed E-state index contributed by atoms with van der Waals surface area (Å²) in [5.74, 6) is 0. The molecule has 1 aromatic carbocycles. The van der Waals surface area contributed by atoms with Gasteiger partial charge in [-0.1, -0.05) is 23.5 Å². The fraction of sp³-hybridized carbons (Fsp3) is 0.0833. The lowest BCUT2D eigenvalue weighted by atomic mass is 10.2. The Morgan fingerprint density at radius 2 is 2.43 bits per heavy atom. The Morgan fingerprint density at radius 1 is 1.62 bits per heavy atom. The number of thiocyanates is 1. The molecule has 0 saturated heterocycles. The van der Waals surface area contributed by atoms with Gasteiger partial charge in [-0.05, 0) is 6.92 Å². The van der Waals surface area contributed by atoms with E-state index in [4.69, 9.17) is 5.26 Å². The second kappa shape index (κ2) is 6.83. The summed E-state index contributed by atoms with van der Waals surface area (Å²) in [7, 11) is 0. The molecule has 0 spiro atoms. The second-order valence-corrected chi connectivity index (χ2v) is 5.86. The molecule has 106 valence electrons. The number of nitrogens with one attached hydrogen (secondary N) is 1. The lowest BCUT2D eigenvalue weighted by Crippen LogP contribution is -1.92. The number of non-ortho nitro benzene ring substituents is 1. The number of hydrogen-bond acceptors (Lipinski definition) is 8. The van der Waals surface area contributed by atoms with Gasteiger partial charge in [-0.25, -0.2) is 4.98 Å². The molecule has 0 radical (unpaired) electrons. The third-order valence-corrected chi connectivity index (χ3v) is 4.28. The van der Waals surface area contributed by atoms with Crippen LogP contribution >= 0.6 is 23.1 Å². The van der Waals surface area contributed by atoms with E-state index in [1.165, 1.54) is 29.7 Å². The molecule has 1 heterocycles.